The number of hydrogen-bond donors (Lipinski definition) is 2. The largest absolute Gasteiger partial charge is 0.378 e. The van der Waals surface area contributed by atoms with Gasteiger partial charge in [0.2, 0.25) is 5.95 Å². The molecular weight excluding hydrogens is 394 g/mol. The first-order valence-electron chi connectivity index (χ1n) is 9.16. The zero-order chi connectivity index (χ0) is 20.6. The lowest BCUT2D eigenvalue weighted by Gasteiger charge is -2.28. The van der Waals surface area contributed by atoms with Gasteiger partial charge in [-0.1, -0.05) is 0 Å². The number of nitrogens with one attached hydrogen (secondary N) is 2. The molecule has 0 saturated carbocycles. The van der Waals surface area contributed by atoms with Gasteiger partial charge in [0, 0.05) is 44.8 Å². The van der Waals surface area contributed by atoms with Crippen molar-refractivity contribution in [1.82, 2.24) is 20.2 Å². The maximum atomic E-state index is 12.0. The summed E-state index contributed by atoms with van der Waals surface area (Å²) in [6, 6.07) is 8.00. The molecule has 2 aromatic heterocycles. The monoisotopic (exact) mass is 417 g/mol. The van der Waals surface area contributed by atoms with Crippen LogP contribution in [0.2, 0.25) is 0 Å². The molecule has 0 bridgehead atoms. The summed E-state index contributed by atoms with van der Waals surface area (Å²) in [5.74, 6) is 0.820. The Kier molecular flexibility index (Phi) is 5.01. The first kappa shape index (κ1) is 19.4. The number of morpholine rings is 1. The van der Waals surface area contributed by atoms with Crippen LogP contribution in [0.1, 0.15) is 0 Å². The maximum absolute atomic E-state index is 12.0. The van der Waals surface area contributed by atoms with Crippen LogP contribution in [0.15, 0.2) is 29.3 Å². The molecule has 2 N–H and O–H groups in total. The highest BCUT2D eigenvalue weighted by molar-refractivity contribution is 7.90. The van der Waals surface area contributed by atoms with Crippen molar-refractivity contribution in [3.05, 3.63) is 24.3 Å². The van der Waals surface area contributed by atoms with Crippen molar-refractivity contribution < 1.29 is 13.2 Å². The van der Waals surface area contributed by atoms with Crippen LogP contribution in [-0.4, -0.2) is 75.2 Å². The fraction of sp³-hybridized carbons (Fsp3) is 0.389. The number of rotatable bonds is 5. The predicted octanol–water partition coefficient (Wildman–Crippen LogP) is 1.40. The summed E-state index contributed by atoms with van der Waals surface area (Å²) >= 11 is 0. The van der Waals surface area contributed by atoms with E-state index in [1.165, 1.54) is 0 Å². The van der Waals surface area contributed by atoms with Crippen molar-refractivity contribution in [3.63, 3.8) is 0 Å². The number of fused-ring (bicyclic) bond motifs is 1. The molecule has 0 spiro atoms. The molecular formula is C18H23N7O3S. The van der Waals surface area contributed by atoms with E-state index in [4.69, 9.17) is 4.74 Å². The van der Waals surface area contributed by atoms with Gasteiger partial charge in [0.25, 0.3) is 0 Å². The third-order valence-electron chi connectivity index (χ3n) is 4.64. The number of ether oxygens (including phenoxy) is 1. The summed E-state index contributed by atoms with van der Waals surface area (Å²) in [4.78, 5) is 12.9. The number of benzene rings is 1. The average Bonchev–Trinajstić information content (AvgIpc) is 3.13. The second-order valence-electron chi connectivity index (χ2n) is 7.06. The minimum absolute atomic E-state index is 0.0578. The van der Waals surface area contributed by atoms with Crippen LogP contribution in [0.25, 0.3) is 11.0 Å². The highest BCUT2D eigenvalue weighted by Crippen LogP contribution is 2.29. The van der Waals surface area contributed by atoms with E-state index in [-0.39, 0.29) is 5.03 Å². The van der Waals surface area contributed by atoms with Crippen LogP contribution in [0.3, 0.4) is 0 Å². The lowest BCUT2D eigenvalue weighted by Crippen LogP contribution is -2.36. The van der Waals surface area contributed by atoms with E-state index < -0.39 is 9.84 Å². The Labute approximate surface area is 168 Å². The van der Waals surface area contributed by atoms with E-state index in [2.05, 4.69) is 30.4 Å². The summed E-state index contributed by atoms with van der Waals surface area (Å²) in [6.07, 6.45) is 1.12. The number of nitrogens with zero attached hydrogens (tertiary/aromatic N) is 5. The van der Waals surface area contributed by atoms with Gasteiger partial charge in [0.05, 0.1) is 13.2 Å². The van der Waals surface area contributed by atoms with Crippen LogP contribution >= 0.6 is 0 Å². The number of H-pyrrole nitrogens is 1. The Bertz CT molecular complexity index is 1120. The van der Waals surface area contributed by atoms with E-state index in [1.807, 2.05) is 24.3 Å². The zero-order valence-corrected chi connectivity index (χ0v) is 17.3. The van der Waals surface area contributed by atoms with Crippen LogP contribution < -0.4 is 15.1 Å². The van der Waals surface area contributed by atoms with Crippen LogP contribution in [0.5, 0.6) is 0 Å². The van der Waals surface area contributed by atoms with Gasteiger partial charge >= 0.3 is 0 Å². The first-order chi connectivity index (χ1) is 13.8. The van der Waals surface area contributed by atoms with Gasteiger partial charge in [-0.3, -0.25) is 5.10 Å². The van der Waals surface area contributed by atoms with Crippen molar-refractivity contribution in [2.45, 2.75) is 5.03 Å². The Morgan fingerprint density at radius 3 is 2.45 bits per heavy atom. The molecule has 1 aliphatic heterocycles. The highest BCUT2D eigenvalue weighted by atomic mass is 32.2. The summed E-state index contributed by atoms with van der Waals surface area (Å²) in [5, 5.41) is 10.1. The van der Waals surface area contributed by atoms with Gasteiger partial charge in [-0.2, -0.15) is 15.1 Å². The van der Waals surface area contributed by atoms with Crippen molar-refractivity contribution in [2.75, 3.05) is 61.8 Å². The minimum atomic E-state index is -3.51. The van der Waals surface area contributed by atoms with Crippen molar-refractivity contribution >= 4 is 44.0 Å². The fourth-order valence-electron chi connectivity index (χ4n) is 3.24. The van der Waals surface area contributed by atoms with Crippen LogP contribution in [0, 0.1) is 0 Å². The van der Waals surface area contributed by atoms with Crippen LogP contribution in [0.4, 0.5) is 23.1 Å². The normalized spacial score (nSPS) is 14.9. The molecule has 3 heterocycles. The molecule has 154 valence electrons. The second-order valence-corrected chi connectivity index (χ2v) is 8.99. The third kappa shape index (κ3) is 3.96. The number of sulfone groups is 1. The Hall–Kier alpha value is -2.92. The summed E-state index contributed by atoms with van der Waals surface area (Å²) in [6.45, 7) is 3.23. The Morgan fingerprint density at radius 1 is 1.14 bits per heavy atom. The van der Waals surface area contributed by atoms with Gasteiger partial charge < -0.3 is 19.9 Å². The predicted molar refractivity (Wildman–Crippen MR) is 112 cm³/mol. The lowest BCUT2D eigenvalue weighted by molar-refractivity contribution is 0.122. The Balaban J connectivity index is 1.64. The molecule has 0 amide bonds. The fourth-order valence-corrected chi connectivity index (χ4v) is 4.01. The van der Waals surface area contributed by atoms with E-state index in [9.17, 15) is 8.42 Å². The van der Waals surface area contributed by atoms with Gasteiger partial charge in [0.1, 0.15) is 11.2 Å². The van der Waals surface area contributed by atoms with Gasteiger partial charge in [-0.25, -0.2) is 8.42 Å². The maximum Gasteiger partial charge on any atom is 0.231 e. The standard InChI is InChI=1S/C18H23N7O3S/c1-24(2)16-14-15(22-23-17(14)29(3,26)27)20-18(21-16)19-12-4-6-13(7-5-12)25-8-10-28-11-9-25/h4-7H,8-11H2,1-3H3,(H2,19,20,21,22,23). The van der Waals surface area contributed by atoms with E-state index in [0.29, 0.717) is 22.8 Å². The average molecular weight is 417 g/mol. The number of hydrogen-bond acceptors (Lipinski definition) is 9. The lowest BCUT2D eigenvalue weighted by atomic mass is 10.2. The number of aromatic amines is 1. The molecule has 1 aliphatic rings. The summed E-state index contributed by atoms with van der Waals surface area (Å²) in [7, 11) is 0.0744. The molecule has 10 nitrogen and oxygen atoms in total. The molecule has 1 saturated heterocycles. The molecule has 4 rings (SSSR count). The molecule has 11 heteroatoms. The molecule has 0 atom stereocenters. The van der Waals surface area contributed by atoms with Crippen molar-refractivity contribution in [2.24, 2.45) is 0 Å². The van der Waals surface area contributed by atoms with Gasteiger partial charge in [-0.05, 0) is 24.3 Å². The summed E-state index contributed by atoms with van der Waals surface area (Å²) in [5.41, 5.74) is 2.32. The smallest absolute Gasteiger partial charge is 0.231 e. The number of aromatic nitrogens is 4. The van der Waals surface area contributed by atoms with E-state index in [1.54, 1.807) is 19.0 Å². The molecule has 0 radical (unpaired) electrons. The molecule has 29 heavy (non-hydrogen) atoms. The quantitative estimate of drug-likeness (QED) is 0.635. The molecule has 1 aromatic carbocycles. The first-order valence-corrected chi connectivity index (χ1v) is 11.1. The number of anilines is 4. The third-order valence-corrected chi connectivity index (χ3v) is 5.64. The highest BCUT2D eigenvalue weighted by Gasteiger charge is 2.23. The molecule has 3 aromatic rings. The zero-order valence-electron chi connectivity index (χ0n) is 16.5. The topological polar surface area (TPSA) is 116 Å². The van der Waals surface area contributed by atoms with Crippen molar-refractivity contribution in [3.8, 4) is 0 Å². The van der Waals surface area contributed by atoms with Crippen molar-refractivity contribution in [1.29, 1.82) is 0 Å². The molecule has 0 unspecified atom stereocenters. The van der Waals surface area contributed by atoms with E-state index in [0.717, 1.165) is 43.9 Å². The summed E-state index contributed by atoms with van der Waals surface area (Å²) < 4.78 is 29.5. The van der Waals surface area contributed by atoms with Gasteiger partial charge in [-0.15, -0.1) is 0 Å². The minimum Gasteiger partial charge on any atom is -0.378 e. The molecule has 0 aliphatic carbocycles. The SMILES string of the molecule is CN(C)c1nc(Nc2ccc(N3CCOCC3)cc2)nc2[nH]nc(S(C)(=O)=O)c12. The van der Waals surface area contributed by atoms with Gasteiger partial charge in [0.15, 0.2) is 20.5 Å². The van der Waals surface area contributed by atoms with E-state index >= 15 is 0 Å². The molecule has 1 fully saturated rings. The van der Waals surface area contributed by atoms with Crippen LogP contribution in [-0.2, 0) is 14.6 Å². The second kappa shape index (κ2) is 7.48. The Morgan fingerprint density at radius 2 is 1.83 bits per heavy atom.